The van der Waals surface area contributed by atoms with Gasteiger partial charge in [0.15, 0.2) is 0 Å². The van der Waals surface area contributed by atoms with Gasteiger partial charge in [0, 0.05) is 19.6 Å². The first kappa shape index (κ1) is 16.9. The quantitative estimate of drug-likeness (QED) is 0.768. The average molecular weight is 301 g/mol. The maximum absolute atomic E-state index is 11.8. The second-order valence-electron chi connectivity index (χ2n) is 4.70. The number of rotatable bonds is 4. The summed E-state index contributed by atoms with van der Waals surface area (Å²) in [7, 11) is 0. The molecule has 1 fully saturated rings. The lowest BCUT2D eigenvalue weighted by Gasteiger charge is -2.22. The summed E-state index contributed by atoms with van der Waals surface area (Å²) in [5.41, 5.74) is 1.87. The molecule has 1 aliphatic rings. The van der Waals surface area contributed by atoms with Crippen molar-refractivity contribution in [3.63, 3.8) is 0 Å². The molecular weight excluding hydrogens is 280 g/mol. The van der Waals surface area contributed by atoms with E-state index in [1.54, 1.807) is 6.92 Å². The summed E-state index contributed by atoms with van der Waals surface area (Å²) in [5.74, 6) is -0.0909. The first-order chi connectivity index (χ1) is 9.16. The van der Waals surface area contributed by atoms with Crippen molar-refractivity contribution in [2.75, 3.05) is 19.7 Å². The van der Waals surface area contributed by atoms with Crippen molar-refractivity contribution in [2.45, 2.75) is 25.7 Å². The molecule has 0 aliphatic carbocycles. The minimum absolute atomic E-state index is 0. The van der Waals surface area contributed by atoms with E-state index in [4.69, 9.17) is 4.74 Å². The van der Waals surface area contributed by atoms with Crippen molar-refractivity contribution in [1.29, 1.82) is 0 Å². The van der Waals surface area contributed by atoms with Crippen LogP contribution in [0.4, 0.5) is 0 Å². The second-order valence-corrected chi connectivity index (χ2v) is 4.70. The molecule has 1 amide bonds. The lowest BCUT2D eigenvalue weighted by Crippen LogP contribution is -2.47. The minimum Gasteiger partial charge on any atom is -0.389 e. The van der Waals surface area contributed by atoms with E-state index < -0.39 is 12.2 Å². The number of carbonyl (C=O) groups is 1. The summed E-state index contributed by atoms with van der Waals surface area (Å²) in [6, 6.07) is 7.54. The van der Waals surface area contributed by atoms with Gasteiger partial charge < -0.3 is 20.5 Å². The van der Waals surface area contributed by atoms with Crippen LogP contribution in [-0.2, 0) is 16.1 Å². The summed E-state index contributed by atoms with van der Waals surface area (Å²) in [4.78, 5) is 11.8. The zero-order chi connectivity index (χ0) is 13.7. The molecule has 1 aromatic rings. The van der Waals surface area contributed by atoms with Gasteiger partial charge >= 0.3 is 0 Å². The van der Waals surface area contributed by atoms with Crippen LogP contribution in [-0.4, -0.2) is 36.8 Å². The van der Waals surface area contributed by atoms with E-state index in [9.17, 15) is 9.90 Å². The summed E-state index contributed by atoms with van der Waals surface area (Å²) in [6.45, 7) is 4.13. The van der Waals surface area contributed by atoms with E-state index in [-0.39, 0.29) is 18.3 Å². The van der Waals surface area contributed by atoms with Crippen molar-refractivity contribution in [3.05, 3.63) is 35.4 Å². The Morgan fingerprint density at radius 2 is 2.20 bits per heavy atom. The van der Waals surface area contributed by atoms with Crippen LogP contribution in [0, 0.1) is 0 Å². The van der Waals surface area contributed by atoms with E-state index in [1.165, 1.54) is 0 Å². The van der Waals surface area contributed by atoms with E-state index >= 15 is 0 Å². The summed E-state index contributed by atoms with van der Waals surface area (Å²) < 4.78 is 5.37. The average Bonchev–Trinajstić information content (AvgIpc) is 2.46. The number of carbonyl (C=O) groups excluding carboxylic acids is 1. The molecule has 0 radical (unpaired) electrons. The number of nitrogens with one attached hydrogen (secondary N) is 2. The normalized spacial score (nSPS) is 19.8. The third-order valence-corrected chi connectivity index (χ3v) is 3.15. The zero-order valence-corrected chi connectivity index (χ0v) is 12.3. The molecule has 1 saturated heterocycles. The number of morpholine rings is 1. The van der Waals surface area contributed by atoms with Crippen LogP contribution in [0.2, 0.25) is 0 Å². The Balaban J connectivity index is 0.00000200. The van der Waals surface area contributed by atoms with Crippen molar-refractivity contribution in [1.82, 2.24) is 10.6 Å². The summed E-state index contributed by atoms with van der Waals surface area (Å²) in [6.07, 6.45) is -0.865. The fourth-order valence-electron chi connectivity index (χ4n) is 1.95. The standard InChI is InChI=1S/C14H20N2O3.ClH/c1-10(17)12-4-2-11(3-5-12)8-16-14(18)13-9-15-6-7-19-13;/h2-5,10,13,15,17H,6-9H2,1H3,(H,16,18);1H. The number of ether oxygens (including phenoxy) is 1. The number of halogens is 1. The van der Waals surface area contributed by atoms with Crippen LogP contribution < -0.4 is 10.6 Å². The predicted octanol–water partition coefficient (Wildman–Crippen LogP) is 0.766. The molecule has 1 heterocycles. The highest BCUT2D eigenvalue weighted by Crippen LogP contribution is 2.12. The Bertz CT molecular complexity index is 417. The first-order valence-corrected chi connectivity index (χ1v) is 6.54. The lowest BCUT2D eigenvalue weighted by atomic mass is 10.1. The molecule has 0 spiro atoms. The monoisotopic (exact) mass is 300 g/mol. The Kier molecular flexibility index (Phi) is 6.95. The fourth-order valence-corrected chi connectivity index (χ4v) is 1.95. The zero-order valence-electron chi connectivity index (χ0n) is 11.5. The van der Waals surface area contributed by atoms with Crippen molar-refractivity contribution in [2.24, 2.45) is 0 Å². The third-order valence-electron chi connectivity index (χ3n) is 3.15. The van der Waals surface area contributed by atoms with Gasteiger partial charge in [-0.2, -0.15) is 0 Å². The molecule has 1 aliphatic heterocycles. The predicted molar refractivity (Wildman–Crippen MR) is 78.8 cm³/mol. The molecule has 0 aromatic heterocycles. The van der Waals surface area contributed by atoms with Crippen molar-refractivity contribution in [3.8, 4) is 0 Å². The van der Waals surface area contributed by atoms with Crippen LogP contribution in [0.1, 0.15) is 24.2 Å². The Labute approximate surface area is 125 Å². The topological polar surface area (TPSA) is 70.6 Å². The molecule has 2 atom stereocenters. The molecule has 3 N–H and O–H groups in total. The first-order valence-electron chi connectivity index (χ1n) is 6.54. The van der Waals surface area contributed by atoms with E-state index in [0.717, 1.165) is 17.7 Å². The van der Waals surface area contributed by atoms with Crippen molar-refractivity contribution >= 4 is 18.3 Å². The Hall–Kier alpha value is -1.14. The Morgan fingerprint density at radius 3 is 2.75 bits per heavy atom. The van der Waals surface area contributed by atoms with Crippen LogP contribution in [0.15, 0.2) is 24.3 Å². The molecule has 0 saturated carbocycles. The number of amides is 1. The SMILES string of the molecule is CC(O)c1ccc(CNC(=O)C2CNCCO2)cc1.Cl. The number of aliphatic hydroxyl groups is 1. The molecule has 5 nitrogen and oxygen atoms in total. The van der Waals surface area contributed by atoms with E-state index in [0.29, 0.717) is 19.7 Å². The van der Waals surface area contributed by atoms with Gasteiger partial charge in [0.1, 0.15) is 6.10 Å². The fraction of sp³-hybridized carbons (Fsp3) is 0.500. The van der Waals surface area contributed by atoms with Gasteiger partial charge in [-0.3, -0.25) is 4.79 Å². The summed E-state index contributed by atoms with van der Waals surface area (Å²) in [5, 5.41) is 15.4. The maximum Gasteiger partial charge on any atom is 0.250 e. The third kappa shape index (κ3) is 4.76. The van der Waals surface area contributed by atoms with Gasteiger partial charge in [-0.05, 0) is 18.1 Å². The van der Waals surface area contributed by atoms with Crippen molar-refractivity contribution < 1.29 is 14.6 Å². The molecule has 20 heavy (non-hydrogen) atoms. The molecule has 2 unspecified atom stereocenters. The molecule has 2 rings (SSSR count). The Morgan fingerprint density at radius 1 is 1.50 bits per heavy atom. The highest BCUT2D eigenvalue weighted by Gasteiger charge is 2.21. The minimum atomic E-state index is -0.467. The van der Waals surface area contributed by atoms with E-state index in [2.05, 4.69) is 10.6 Å². The molecular formula is C14H21ClN2O3. The van der Waals surface area contributed by atoms with Gasteiger partial charge in [0.25, 0.3) is 5.91 Å². The van der Waals surface area contributed by atoms with Gasteiger partial charge in [-0.1, -0.05) is 24.3 Å². The maximum atomic E-state index is 11.8. The summed E-state index contributed by atoms with van der Waals surface area (Å²) >= 11 is 0. The van der Waals surface area contributed by atoms with Crippen LogP contribution in [0.5, 0.6) is 0 Å². The van der Waals surface area contributed by atoms with Crippen LogP contribution in [0.25, 0.3) is 0 Å². The smallest absolute Gasteiger partial charge is 0.250 e. The van der Waals surface area contributed by atoms with Gasteiger partial charge in [-0.15, -0.1) is 12.4 Å². The highest BCUT2D eigenvalue weighted by atomic mass is 35.5. The van der Waals surface area contributed by atoms with Gasteiger partial charge in [0.05, 0.1) is 12.7 Å². The number of benzene rings is 1. The second kappa shape index (κ2) is 8.21. The number of hydrogen-bond acceptors (Lipinski definition) is 4. The molecule has 1 aromatic carbocycles. The molecule has 112 valence electrons. The molecule has 6 heteroatoms. The number of aliphatic hydroxyl groups excluding tert-OH is 1. The van der Waals surface area contributed by atoms with Crippen LogP contribution >= 0.6 is 12.4 Å². The van der Waals surface area contributed by atoms with Gasteiger partial charge in [0.2, 0.25) is 0 Å². The van der Waals surface area contributed by atoms with Crippen LogP contribution in [0.3, 0.4) is 0 Å². The number of hydrogen-bond donors (Lipinski definition) is 3. The largest absolute Gasteiger partial charge is 0.389 e. The van der Waals surface area contributed by atoms with Gasteiger partial charge in [-0.25, -0.2) is 0 Å². The molecule has 0 bridgehead atoms. The lowest BCUT2D eigenvalue weighted by molar-refractivity contribution is -0.134. The van der Waals surface area contributed by atoms with E-state index in [1.807, 2.05) is 24.3 Å². The highest BCUT2D eigenvalue weighted by molar-refractivity contribution is 5.85.